The van der Waals surface area contributed by atoms with Crippen molar-refractivity contribution in [3.05, 3.63) is 29.3 Å². The SMILES string of the molecule is CC(C)(C)OC(=O)CC[C@@H](C(N)=O)N1Cc2c(N)cccc2C1=O. The Morgan fingerprint density at radius 1 is 1.33 bits per heavy atom. The molecule has 1 atom stereocenters. The first-order valence-electron chi connectivity index (χ1n) is 7.79. The number of amides is 2. The number of hydrogen-bond acceptors (Lipinski definition) is 5. The predicted octanol–water partition coefficient (Wildman–Crippen LogP) is 1.20. The molecule has 1 aliphatic heterocycles. The molecule has 0 unspecified atom stereocenters. The van der Waals surface area contributed by atoms with E-state index in [1.54, 1.807) is 39.0 Å². The smallest absolute Gasteiger partial charge is 0.306 e. The number of fused-ring (bicyclic) bond motifs is 1. The van der Waals surface area contributed by atoms with E-state index >= 15 is 0 Å². The second-order valence-corrected chi connectivity index (χ2v) is 6.85. The van der Waals surface area contributed by atoms with Gasteiger partial charge in [-0.05, 0) is 39.3 Å². The maximum atomic E-state index is 12.5. The van der Waals surface area contributed by atoms with Gasteiger partial charge in [0.1, 0.15) is 11.6 Å². The van der Waals surface area contributed by atoms with Gasteiger partial charge in [0.25, 0.3) is 5.91 Å². The van der Waals surface area contributed by atoms with Crippen molar-refractivity contribution in [3.8, 4) is 0 Å². The van der Waals surface area contributed by atoms with Gasteiger partial charge in [0, 0.05) is 29.8 Å². The average molecular weight is 333 g/mol. The van der Waals surface area contributed by atoms with Crippen LogP contribution in [0.3, 0.4) is 0 Å². The van der Waals surface area contributed by atoms with E-state index in [9.17, 15) is 14.4 Å². The van der Waals surface area contributed by atoms with E-state index in [1.165, 1.54) is 4.90 Å². The molecule has 1 aromatic carbocycles. The first-order chi connectivity index (χ1) is 11.1. The van der Waals surface area contributed by atoms with Crippen molar-refractivity contribution in [2.24, 2.45) is 5.73 Å². The van der Waals surface area contributed by atoms with Crippen LogP contribution in [-0.2, 0) is 20.9 Å². The molecule has 4 N–H and O–H groups in total. The molecule has 0 radical (unpaired) electrons. The standard InChI is InChI=1S/C17H23N3O4/c1-17(2,3)24-14(21)8-7-13(15(19)22)20-9-11-10(16(20)23)5-4-6-12(11)18/h4-6,13H,7-9,18H2,1-3H3,(H2,19,22)/t13-/m0/s1. The van der Waals surface area contributed by atoms with Crippen LogP contribution in [0.25, 0.3) is 0 Å². The van der Waals surface area contributed by atoms with Gasteiger partial charge in [-0.1, -0.05) is 6.07 Å². The molecule has 0 saturated carbocycles. The van der Waals surface area contributed by atoms with Crippen LogP contribution < -0.4 is 11.5 Å². The third-order valence-electron chi connectivity index (χ3n) is 3.78. The molecule has 24 heavy (non-hydrogen) atoms. The lowest BCUT2D eigenvalue weighted by Crippen LogP contribution is -2.45. The summed E-state index contributed by atoms with van der Waals surface area (Å²) in [7, 11) is 0. The fraction of sp³-hybridized carbons (Fsp3) is 0.471. The Bertz CT molecular complexity index is 679. The summed E-state index contributed by atoms with van der Waals surface area (Å²) >= 11 is 0. The van der Waals surface area contributed by atoms with Gasteiger partial charge >= 0.3 is 5.97 Å². The number of nitrogens with zero attached hydrogens (tertiary/aromatic N) is 1. The lowest BCUT2D eigenvalue weighted by Gasteiger charge is -2.25. The molecular formula is C17H23N3O4. The van der Waals surface area contributed by atoms with Crippen molar-refractivity contribution in [3.63, 3.8) is 0 Å². The number of rotatable bonds is 5. The van der Waals surface area contributed by atoms with E-state index in [0.29, 0.717) is 16.8 Å². The Morgan fingerprint density at radius 3 is 2.54 bits per heavy atom. The zero-order valence-electron chi connectivity index (χ0n) is 14.2. The summed E-state index contributed by atoms with van der Waals surface area (Å²) in [6.07, 6.45) is 0.115. The van der Waals surface area contributed by atoms with Gasteiger partial charge in [0.15, 0.2) is 0 Å². The van der Waals surface area contributed by atoms with Crippen LogP contribution in [0.5, 0.6) is 0 Å². The number of primary amides is 1. The first-order valence-corrected chi connectivity index (χ1v) is 7.79. The largest absolute Gasteiger partial charge is 0.460 e. The Balaban J connectivity index is 2.10. The number of nitrogens with two attached hydrogens (primary N) is 2. The molecule has 1 heterocycles. The first kappa shape index (κ1) is 17.8. The summed E-state index contributed by atoms with van der Waals surface area (Å²) in [6, 6.07) is 4.18. The lowest BCUT2D eigenvalue weighted by molar-refractivity contribution is -0.155. The number of esters is 1. The van der Waals surface area contributed by atoms with Gasteiger partial charge in [0.2, 0.25) is 5.91 Å². The van der Waals surface area contributed by atoms with Crippen molar-refractivity contribution < 1.29 is 19.1 Å². The molecule has 2 rings (SSSR count). The van der Waals surface area contributed by atoms with Crippen molar-refractivity contribution in [1.29, 1.82) is 0 Å². The zero-order valence-corrected chi connectivity index (χ0v) is 14.2. The second-order valence-electron chi connectivity index (χ2n) is 6.85. The molecule has 1 aliphatic rings. The van der Waals surface area contributed by atoms with Crippen molar-refractivity contribution >= 4 is 23.5 Å². The number of ether oxygens (including phenoxy) is 1. The third kappa shape index (κ3) is 3.84. The molecule has 7 heteroatoms. The Hall–Kier alpha value is -2.57. The van der Waals surface area contributed by atoms with Gasteiger partial charge in [-0.25, -0.2) is 0 Å². The third-order valence-corrected chi connectivity index (χ3v) is 3.78. The molecule has 130 valence electrons. The summed E-state index contributed by atoms with van der Waals surface area (Å²) in [6.45, 7) is 5.50. The molecule has 0 spiro atoms. The summed E-state index contributed by atoms with van der Waals surface area (Å²) < 4.78 is 5.22. The van der Waals surface area contributed by atoms with Gasteiger partial charge in [-0.3, -0.25) is 14.4 Å². The number of carbonyl (C=O) groups excluding carboxylic acids is 3. The lowest BCUT2D eigenvalue weighted by atomic mass is 10.1. The number of nitrogen functional groups attached to an aromatic ring is 1. The zero-order chi connectivity index (χ0) is 18.1. The molecular weight excluding hydrogens is 310 g/mol. The summed E-state index contributed by atoms with van der Waals surface area (Å²) in [5.41, 5.74) is 12.4. The summed E-state index contributed by atoms with van der Waals surface area (Å²) in [4.78, 5) is 37.6. The summed E-state index contributed by atoms with van der Waals surface area (Å²) in [5.74, 6) is -1.39. The molecule has 1 aromatic rings. The van der Waals surface area contributed by atoms with E-state index in [-0.39, 0.29) is 25.3 Å². The Morgan fingerprint density at radius 2 is 2.00 bits per heavy atom. The summed E-state index contributed by atoms with van der Waals surface area (Å²) in [5, 5.41) is 0. The van der Waals surface area contributed by atoms with Crippen LogP contribution in [-0.4, -0.2) is 34.3 Å². The molecule has 0 aliphatic carbocycles. The fourth-order valence-corrected chi connectivity index (χ4v) is 2.73. The van der Waals surface area contributed by atoms with E-state index in [4.69, 9.17) is 16.2 Å². The van der Waals surface area contributed by atoms with Crippen LogP contribution in [0.2, 0.25) is 0 Å². The monoisotopic (exact) mass is 333 g/mol. The number of benzene rings is 1. The molecule has 0 fully saturated rings. The maximum absolute atomic E-state index is 12.5. The number of anilines is 1. The predicted molar refractivity (Wildman–Crippen MR) is 88.8 cm³/mol. The highest BCUT2D eigenvalue weighted by atomic mass is 16.6. The molecule has 7 nitrogen and oxygen atoms in total. The minimum atomic E-state index is -0.878. The maximum Gasteiger partial charge on any atom is 0.306 e. The van der Waals surface area contributed by atoms with Gasteiger partial charge < -0.3 is 21.1 Å². The Kier molecular flexibility index (Phi) is 4.82. The number of hydrogen-bond donors (Lipinski definition) is 2. The Labute approximate surface area is 140 Å². The van der Waals surface area contributed by atoms with E-state index in [2.05, 4.69) is 0 Å². The highest BCUT2D eigenvalue weighted by Crippen LogP contribution is 2.30. The van der Waals surface area contributed by atoms with E-state index in [0.717, 1.165) is 0 Å². The highest BCUT2D eigenvalue weighted by Gasteiger charge is 2.36. The van der Waals surface area contributed by atoms with Crippen molar-refractivity contribution in [1.82, 2.24) is 4.90 Å². The molecule has 0 saturated heterocycles. The van der Waals surface area contributed by atoms with E-state index < -0.39 is 23.5 Å². The molecule has 0 aromatic heterocycles. The molecule has 0 bridgehead atoms. The van der Waals surface area contributed by atoms with Gasteiger partial charge in [0.05, 0.1) is 0 Å². The van der Waals surface area contributed by atoms with E-state index in [1.807, 2.05) is 0 Å². The minimum absolute atomic E-state index is 0.000480. The van der Waals surface area contributed by atoms with Crippen LogP contribution in [0, 0.1) is 0 Å². The highest BCUT2D eigenvalue weighted by molar-refractivity contribution is 6.02. The van der Waals surface area contributed by atoms with Gasteiger partial charge in [-0.15, -0.1) is 0 Å². The second kappa shape index (κ2) is 6.51. The number of carbonyl (C=O) groups is 3. The average Bonchev–Trinajstić information content (AvgIpc) is 2.76. The van der Waals surface area contributed by atoms with Crippen LogP contribution >= 0.6 is 0 Å². The molecule has 2 amide bonds. The minimum Gasteiger partial charge on any atom is -0.460 e. The van der Waals surface area contributed by atoms with Crippen LogP contribution in [0.15, 0.2) is 18.2 Å². The van der Waals surface area contributed by atoms with Crippen LogP contribution in [0.1, 0.15) is 49.5 Å². The van der Waals surface area contributed by atoms with Crippen LogP contribution in [0.4, 0.5) is 5.69 Å². The van der Waals surface area contributed by atoms with Crippen molar-refractivity contribution in [2.75, 3.05) is 5.73 Å². The van der Waals surface area contributed by atoms with Crippen molar-refractivity contribution in [2.45, 2.75) is 51.8 Å². The topological polar surface area (TPSA) is 116 Å². The fourth-order valence-electron chi connectivity index (χ4n) is 2.73. The quantitative estimate of drug-likeness (QED) is 0.620. The normalized spacial score (nSPS) is 15.1. The van der Waals surface area contributed by atoms with Gasteiger partial charge in [-0.2, -0.15) is 0 Å².